The molecule has 1 fully saturated rings. The lowest BCUT2D eigenvalue weighted by Gasteiger charge is -2.15. The summed E-state index contributed by atoms with van der Waals surface area (Å²) >= 11 is 1.49. The van der Waals surface area contributed by atoms with E-state index in [0.717, 1.165) is 36.6 Å². The molecule has 0 aliphatic carbocycles. The molecule has 1 saturated heterocycles. The fraction of sp³-hybridized carbons (Fsp3) is 0.500. The summed E-state index contributed by atoms with van der Waals surface area (Å²) in [5, 5.41) is 1.87. The zero-order valence-corrected chi connectivity index (χ0v) is 11.8. The molecule has 1 aliphatic rings. The van der Waals surface area contributed by atoms with Crippen LogP contribution in [0.1, 0.15) is 21.7 Å². The molecule has 1 aromatic rings. The summed E-state index contributed by atoms with van der Waals surface area (Å²) in [5.41, 5.74) is 6.06. The van der Waals surface area contributed by atoms with Crippen LogP contribution in [0.2, 0.25) is 0 Å². The van der Waals surface area contributed by atoms with E-state index in [1.54, 1.807) is 7.11 Å². The van der Waals surface area contributed by atoms with Gasteiger partial charge in [-0.25, -0.2) is 0 Å². The number of hydrogen-bond acceptors (Lipinski definition) is 4. The molecule has 2 N–H and O–H groups in total. The molecule has 5 heteroatoms. The van der Waals surface area contributed by atoms with E-state index in [1.807, 2.05) is 16.3 Å². The highest BCUT2D eigenvalue weighted by molar-refractivity contribution is 7.10. The number of carbonyl (C=O) groups is 1. The smallest absolute Gasteiger partial charge is 0.254 e. The zero-order chi connectivity index (χ0) is 13.7. The number of rotatable bonds is 3. The molecule has 4 nitrogen and oxygen atoms in total. The molecule has 0 aromatic carbocycles. The van der Waals surface area contributed by atoms with Gasteiger partial charge in [-0.05, 0) is 12.5 Å². The fourth-order valence-corrected chi connectivity index (χ4v) is 2.97. The first-order valence-electron chi connectivity index (χ1n) is 6.30. The molecule has 1 amide bonds. The summed E-state index contributed by atoms with van der Waals surface area (Å²) in [4.78, 5) is 15.1. The lowest BCUT2D eigenvalue weighted by Crippen LogP contribution is -2.28. The monoisotopic (exact) mass is 278 g/mol. The number of likely N-dealkylation sites (tertiary alicyclic amines) is 1. The molecule has 102 valence electrons. The summed E-state index contributed by atoms with van der Waals surface area (Å²) < 4.78 is 5.14. The van der Waals surface area contributed by atoms with Crippen molar-refractivity contribution >= 4 is 17.2 Å². The van der Waals surface area contributed by atoms with Crippen LogP contribution in [0, 0.1) is 17.8 Å². The SMILES string of the molecule is COCC1CCN(C(=O)c2csc(C#CCN)c2)C1. The Morgan fingerprint density at radius 2 is 2.53 bits per heavy atom. The molecule has 1 unspecified atom stereocenters. The summed E-state index contributed by atoms with van der Waals surface area (Å²) in [6, 6.07) is 1.85. The molecule has 2 heterocycles. The van der Waals surface area contributed by atoms with E-state index in [0.29, 0.717) is 12.5 Å². The Kier molecular flexibility index (Phi) is 4.97. The lowest BCUT2D eigenvalue weighted by atomic mass is 10.1. The Morgan fingerprint density at radius 1 is 1.68 bits per heavy atom. The molecule has 1 atom stereocenters. The van der Waals surface area contributed by atoms with E-state index in [2.05, 4.69) is 11.8 Å². The van der Waals surface area contributed by atoms with Crippen LogP contribution < -0.4 is 5.73 Å². The van der Waals surface area contributed by atoms with E-state index in [1.165, 1.54) is 11.3 Å². The number of hydrogen-bond donors (Lipinski definition) is 1. The van der Waals surface area contributed by atoms with Gasteiger partial charge >= 0.3 is 0 Å². The van der Waals surface area contributed by atoms with Gasteiger partial charge in [0.25, 0.3) is 5.91 Å². The molecule has 19 heavy (non-hydrogen) atoms. The second-order valence-electron chi connectivity index (χ2n) is 4.57. The second-order valence-corrected chi connectivity index (χ2v) is 5.48. The highest BCUT2D eigenvalue weighted by Crippen LogP contribution is 2.21. The van der Waals surface area contributed by atoms with Crippen molar-refractivity contribution in [3.63, 3.8) is 0 Å². The van der Waals surface area contributed by atoms with Crippen LogP contribution in [0.25, 0.3) is 0 Å². The first-order valence-corrected chi connectivity index (χ1v) is 7.18. The lowest BCUT2D eigenvalue weighted by molar-refractivity contribution is 0.0776. The van der Waals surface area contributed by atoms with Gasteiger partial charge < -0.3 is 15.4 Å². The van der Waals surface area contributed by atoms with Crippen LogP contribution in [0.3, 0.4) is 0 Å². The van der Waals surface area contributed by atoms with E-state index in [9.17, 15) is 4.79 Å². The van der Waals surface area contributed by atoms with E-state index in [4.69, 9.17) is 10.5 Å². The van der Waals surface area contributed by atoms with E-state index < -0.39 is 0 Å². The van der Waals surface area contributed by atoms with Crippen molar-refractivity contribution in [2.24, 2.45) is 11.7 Å². The van der Waals surface area contributed by atoms with Gasteiger partial charge in [0.05, 0.1) is 23.6 Å². The Labute approximate surface area is 117 Å². The van der Waals surface area contributed by atoms with Crippen LogP contribution in [0.5, 0.6) is 0 Å². The maximum absolute atomic E-state index is 12.3. The van der Waals surface area contributed by atoms with Gasteiger partial charge in [-0.3, -0.25) is 4.79 Å². The summed E-state index contributed by atoms with van der Waals surface area (Å²) in [6.07, 6.45) is 1.02. The third-order valence-corrected chi connectivity index (χ3v) is 3.98. The molecule has 0 spiro atoms. The molecule has 0 radical (unpaired) electrons. The largest absolute Gasteiger partial charge is 0.384 e. The highest BCUT2D eigenvalue weighted by atomic mass is 32.1. The van der Waals surface area contributed by atoms with E-state index in [-0.39, 0.29) is 5.91 Å². The molecular weight excluding hydrogens is 260 g/mol. The fourth-order valence-electron chi connectivity index (χ4n) is 2.22. The predicted molar refractivity (Wildman–Crippen MR) is 76.1 cm³/mol. The van der Waals surface area contributed by atoms with Gasteiger partial charge in [-0.15, -0.1) is 11.3 Å². The molecular formula is C14H18N2O2S. The van der Waals surface area contributed by atoms with Crippen molar-refractivity contribution in [3.05, 3.63) is 21.9 Å². The standard InChI is InChI=1S/C14H18N2O2S/c1-18-9-11-4-6-16(8-11)14(17)12-7-13(19-10-12)3-2-5-15/h7,10-11H,4-6,8-9,15H2,1H3. The zero-order valence-electron chi connectivity index (χ0n) is 11.0. The topological polar surface area (TPSA) is 55.6 Å². The van der Waals surface area contributed by atoms with Gasteiger partial charge in [-0.2, -0.15) is 0 Å². The van der Waals surface area contributed by atoms with Crippen LogP contribution in [0.15, 0.2) is 11.4 Å². The Morgan fingerprint density at radius 3 is 3.26 bits per heavy atom. The Balaban J connectivity index is 1.98. The minimum atomic E-state index is 0.0932. The number of nitrogens with two attached hydrogens (primary N) is 1. The van der Waals surface area contributed by atoms with Gasteiger partial charge in [0, 0.05) is 31.5 Å². The minimum absolute atomic E-state index is 0.0932. The Bertz CT molecular complexity index is 501. The van der Waals surface area contributed by atoms with Crippen LogP contribution in [0.4, 0.5) is 0 Å². The first kappa shape index (κ1) is 14.1. The molecule has 1 aromatic heterocycles. The number of thiophene rings is 1. The van der Waals surface area contributed by atoms with Crippen LogP contribution in [-0.2, 0) is 4.74 Å². The van der Waals surface area contributed by atoms with Crippen molar-refractivity contribution in [1.82, 2.24) is 4.90 Å². The maximum Gasteiger partial charge on any atom is 0.254 e. The third-order valence-electron chi connectivity index (χ3n) is 3.14. The molecule has 2 rings (SSSR count). The first-order chi connectivity index (χ1) is 9.24. The molecule has 1 aliphatic heterocycles. The van der Waals surface area contributed by atoms with Crippen LogP contribution >= 0.6 is 11.3 Å². The minimum Gasteiger partial charge on any atom is -0.384 e. The van der Waals surface area contributed by atoms with Crippen molar-refractivity contribution in [3.8, 4) is 11.8 Å². The molecule has 0 bridgehead atoms. The quantitative estimate of drug-likeness (QED) is 0.844. The summed E-state index contributed by atoms with van der Waals surface area (Å²) in [5.74, 6) is 6.30. The summed E-state index contributed by atoms with van der Waals surface area (Å²) in [6.45, 7) is 2.66. The number of amides is 1. The van der Waals surface area contributed by atoms with Crippen molar-refractivity contribution in [1.29, 1.82) is 0 Å². The average Bonchev–Trinajstić information content (AvgIpc) is 3.05. The highest BCUT2D eigenvalue weighted by Gasteiger charge is 2.27. The number of nitrogens with zero attached hydrogens (tertiary/aromatic N) is 1. The van der Waals surface area contributed by atoms with Crippen molar-refractivity contribution < 1.29 is 9.53 Å². The van der Waals surface area contributed by atoms with Crippen LogP contribution in [-0.4, -0.2) is 44.2 Å². The van der Waals surface area contributed by atoms with Crippen molar-refractivity contribution in [2.75, 3.05) is 33.4 Å². The Hall–Kier alpha value is -1.35. The predicted octanol–water partition coefficient (Wildman–Crippen LogP) is 1.17. The van der Waals surface area contributed by atoms with Gasteiger partial charge in [-0.1, -0.05) is 11.8 Å². The number of carbonyl (C=O) groups excluding carboxylic acids is 1. The third kappa shape index (κ3) is 3.57. The van der Waals surface area contributed by atoms with Gasteiger partial charge in [0.1, 0.15) is 0 Å². The van der Waals surface area contributed by atoms with Gasteiger partial charge in [0.2, 0.25) is 0 Å². The van der Waals surface area contributed by atoms with E-state index >= 15 is 0 Å². The van der Waals surface area contributed by atoms with Gasteiger partial charge in [0.15, 0.2) is 0 Å². The average molecular weight is 278 g/mol. The second kappa shape index (κ2) is 6.71. The molecule has 0 saturated carbocycles. The van der Waals surface area contributed by atoms with Crippen molar-refractivity contribution in [2.45, 2.75) is 6.42 Å². The maximum atomic E-state index is 12.3. The number of ether oxygens (including phenoxy) is 1. The summed E-state index contributed by atoms with van der Waals surface area (Å²) in [7, 11) is 1.70. The normalized spacial score (nSPS) is 18.2. The number of methoxy groups -OCH3 is 1.